The van der Waals surface area contributed by atoms with Crippen molar-refractivity contribution in [3.8, 4) is 11.4 Å². The lowest BCUT2D eigenvalue weighted by Gasteiger charge is -2.05. The molecule has 5 heterocycles. The summed E-state index contributed by atoms with van der Waals surface area (Å²) in [6, 6.07) is 7.34. The first-order valence-electron chi connectivity index (χ1n) is 9.15. The van der Waals surface area contributed by atoms with Gasteiger partial charge in [-0.05, 0) is 69.6 Å². The number of imidazole rings is 1. The van der Waals surface area contributed by atoms with Crippen molar-refractivity contribution in [3.63, 3.8) is 0 Å². The summed E-state index contributed by atoms with van der Waals surface area (Å²) in [5.74, 6) is 0. The lowest BCUT2D eigenvalue weighted by Crippen LogP contribution is -2.05. The normalized spacial score (nSPS) is 13.7. The van der Waals surface area contributed by atoms with Crippen molar-refractivity contribution < 1.29 is 0 Å². The van der Waals surface area contributed by atoms with E-state index >= 15 is 0 Å². The van der Waals surface area contributed by atoms with Crippen LogP contribution >= 0.6 is 0 Å². The highest BCUT2D eigenvalue weighted by atomic mass is 16.1. The van der Waals surface area contributed by atoms with E-state index in [1.807, 2.05) is 32.2 Å². The molecule has 5 rings (SSSR count). The van der Waals surface area contributed by atoms with Gasteiger partial charge in [0.2, 0.25) is 0 Å². The number of rotatable bonds is 1. The second kappa shape index (κ2) is 7.28. The van der Waals surface area contributed by atoms with E-state index in [0.717, 1.165) is 28.3 Å². The minimum Gasteiger partial charge on any atom is -0.328 e. The number of aromatic nitrogens is 5. The summed E-state index contributed by atoms with van der Waals surface area (Å²) in [5, 5.41) is 8.36. The Bertz CT molecular complexity index is 1150. The molecule has 0 spiro atoms. The largest absolute Gasteiger partial charge is 0.328 e. The van der Waals surface area contributed by atoms with Crippen LogP contribution in [0, 0.1) is 13.8 Å². The molecule has 1 fully saturated rings. The first-order chi connectivity index (χ1) is 13.1. The van der Waals surface area contributed by atoms with Gasteiger partial charge >= 0.3 is 0 Å². The molecule has 1 saturated heterocycles. The summed E-state index contributed by atoms with van der Waals surface area (Å²) < 4.78 is 1.77. The van der Waals surface area contributed by atoms with Gasteiger partial charge in [0, 0.05) is 6.20 Å². The van der Waals surface area contributed by atoms with Crippen molar-refractivity contribution in [2.75, 3.05) is 13.1 Å². The zero-order chi connectivity index (χ0) is 18.8. The fourth-order valence-corrected chi connectivity index (χ4v) is 3.21. The van der Waals surface area contributed by atoms with Crippen molar-refractivity contribution in [2.45, 2.75) is 26.7 Å². The van der Waals surface area contributed by atoms with Crippen LogP contribution in [0.25, 0.3) is 27.9 Å². The van der Waals surface area contributed by atoms with Crippen molar-refractivity contribution in [1.29, 1.82) is 0 Å². The number of fused-ring (bicyclic) bond motifs is 2. The fourth-order valence-electron chi connectivity index (χ4n) is 3.21. The SMILES string of the molecule is C1CCNC1.Cc1cn2nc(-c3ccc4c(=O)[nH]ccc4n3)cc(C)c2n1. The van der Waals surface area contributed by atoms with E-state index in [4.69, 9.17) is 0 Å². The van der Waals surface area contributed by atoms with E-state index in [1.165, 1.54) is 25.9 Å². The second-order valence-corrected chi connectivity index (χ2v) is 6.76. The zero-order valence-electron chi connectivity index (χ0n) is 15.5. The molecule has 0 amide bonds. The zero-order valence-corrected chi connectivity index (χ0v) is 15.5. The highest BCUT2D eigenvalue weighted by Crippen LogP contribution is 2.20. The molecule has 0 aliphatic carbocycles. The van der Waals surface area contributed by atoms with Crippen LogP contribution in [0.2, 0.25) is 0 Å². The smallest absolute Gasteiger partial charge is 0.257 e. The van der Waals surface area contributed by atoms with Gasteiger partial charge in [-0.3, -0.25) is 4.79 Å². The summed E-state index contributed by atoms with van der Waals surface area (Å²) in [6.07, 6.45) is 6.26. The van der Waals surface area contributed by atoms with Gasteiger partial charge in [-0.2, -0.15) is 5.10 Å². The summed E-state index contributed by atoms with van der Waals surface area (Å²) in [5.41, 5.74) is 4.80. The van der Waals surface area contributed by atoms with E-state index in [0.29, 0.717) is 10.9 Å². The third-order valence-electron chi connectivity index (χ3n) is 4.57. The lowest BCUT2D eigenvalue weighted by molar-refractivity contribution is 0.857. The monoisotopic (exact) mass is 362 g/mol. The predicted octanol–water partition coefficient (Wildman–Crippen LogP) is 2.62. The Morgan fingerprint density at radius 3 is 2.59 bits per heavy atom. The number of hydrogen-bond acceptors (Lipinski definition) is 5. The highest BCUT2D eigenvalue weighted by molar-refractivity contribution is 5.80. The van der Waals surface area contributed by atoms with Crippen LogP contribution in [0.3, 0.4) is 0 Å². The molecule has 0 unspecified atom stereocenters. The molecule has 7 heteroatoms. The minimum atomic E-state index is -0.138. The van der Waals surface area contributed by atoms with Crippen LogP contribution in [0.15, 0.2) is 41.5 Å². The molecule has 4 aromatic rings. The lowest BCUT2D eigenvalue weighted by atomic mass is 10.2. The highest BCUT2D eigenvalue weighted by Gasteiger charge is 2.09. The van der Waals surface area contributed by atoms with E-state index < -0.39 is 0 Å². The fraction of sp³-hybridized carbons (Fsp3) is 0.300. The molecule has 0 atom stereocenters. The van der Waals surface area contributed by atoms with Gasteiger partial charge in [0.1, 0.15) is 5.69 Å². The molecule has 0 bridgehead atoms. The van der Waals surface area contributed by atoms with Crippen LogP contribution in [0.1, 0.15) is 24.1 Å². The molecule has 0 saturated carbocycles. The molecular formula is C20H22N6O. The average molecular weight is 362 g/mol. The van der Waals surface area contributed by atoms with Crippen LogP contribution in [0.5, 0.6) is 0 Å². The topological polar surface area (TPSA) is 88.0 Å². The molecule has 0 aromatic carbocycles. The summed E-state index contributed by atoms with van der Waals surface area (Å²) in [6.45, 7) is 6.44. The summed E-state index contributed by atoms with van der Waals surface area (Å²) in [4.78, 5) is 23.4. The second-order valence-electron chi connectivity index (χ2n) is 6.76. The molecule has 1 aliphatic heterocycles. The average Bonchev–Trinajstić information content (AvgIpc) is 3.34. The van der Waals surface area contributed by atoms with Crippen LogP contribution in [-0.4, -0.2) is 37.7 Å². The number of pyridine rings is 2. The third kappa shape index (κ3) is 3.59. The van der Waals surface area contributed by atoms with Gasteiger partial charge in [0.25, 0.3) is 5.56 Å². The van der Waals surface area contributed by atoms with Crippen molar-refractivity contribution in [2.24, 2.45) is 0 Å². The molecule has 0 radical (unpaired) electrons. The Hall–Kier alpha value is -3.06. The number of aryl methyl sites for hydroxylation is 2. The Kier molecular flexibility index (Phi) is 4.68. The number of H-pyrrole nitrogens is 1. The maximum atomic E-state index is 11.7. The standard InChI is InChI=1S/C16H13N5O.C4H9N/c1-9-7-14(20-21-8-10(2)18-15(9)21)13-4-3-11-12(19-13)5-6-17-16(11)22;1-2-4-5-3-1/h3-8H,1-2H3,(H,17,22);5H,1-4H2. The van der Waals surface area contributed by atoms with Gasteiger partial charge in [0.15, 0.2) is 5.65 Å². The number of nitrogens with one attached hydrogen (secondary N) is 2. The van der Waals surface area contributed by atoms with E-state index in [2.05, 4.69) is 25.4 Å². The maximum Gasteiger partial charge on any atom is 0.257 e. The Morgan fingerprint density at radius 1 is 1.04 bits per heavy atom. The molecule has 2 N–H and O–H groups in total. The molecule has 7 nitrogen and oxygen atoms in total. The third-order valence-corrected chi connectivity index (χ3v) is 4.57. The van der Waals surface area contributed by atoms with Crippen molar-refractivity contribution >= 4 is 16.6 Å². The predicted molar refractivity (Wildman–Crippen MR) is 106 cm³/mol. The molecule has 1 aliphatic rings. The minimum absolute atomic E-state index is 0.138. The van der Waals surface area contributed by atoms with Gasteiger partial charge in [-0.1, -0.05) is 0 Å². The van der Waals surface area contributed by atoms with Crippen molar-refractivity contribution in [1.82, 2.24) is 29.9 Å². The Balaban J connectivity index is 0.000000314. The number of hydrogen-bond donors (Lipinski definition) is 2. The van der Waals surface area contributed by atoms with Gasteiger partial charge in [0.05, 0.1) is 28.5 Å². The molecular weight excluding hydrogens is 340 g/mol. The first kappa shape index (κ1) is 17.4. The van der Waals surface area contributed by atoms with Crippen LogP contribution in [0.4, 0.5) is 0 Å². The van der Waals surface area contributed by atoms with Crippen molar-refractivity contribution in [3.05, 3.63) is 58.3 Å². The summed E-state index contributed by atoms with van der Waals surface area (Å²) in [7, 11) is 0. The Labute approximate surface area is 156 Å². The molecule has 138 valence electrons. The van der Waals surface area contributed by atoms with Gasteiger partial charge < -0.3 is 10.3 Å². The van der Waals surface area contributed by atoms with Gasteiger partial charge in [-0.25, -0.2) is 14.5 Å². The maximum absolute atomic E-state index is 11.7. The quantitative estimate of drug-likeness (QED) is 0.543. The molecule has 4 aromatic heterocycles. The van der Waals surface area contributed by atoms with Crippen LogP contribution < -0.4 is 10.9 Å². The van der Waals surface area contributed by atoms with E-state index in [-0.39, 0.29) is 5.56 Å². The Morgan fingerprint density at radius 2 is 1.85 bits per heavy atom. The van der Waals surface area contributed by atoms with E-state index in [1.54, 1.807) is 22.8 Å². The van der Waals surface area contributed by atoms with Gasteiger partial charge in [-0.15, -0.1) is 0 Å². The summed E-state index contributed by atoms with van der Waals surface area (Å²) >= 11 is 0. The molecule has 27 heavy (non-hydrogen) atoms. The first-order valence-corrected chi connectivity index (χ1v) is 9.15. The number of nitrogens with zero attached hydrogens (tertiary/aromatic N) is 4. The van der Waals surface area contributed by atoms with Crippen LogP contribution in [-0.2, 0) is 0 Å². The van der Waals surface area contributed by atoms with E-state index in [9.17, 15) is 4.79 Å². The number of aromatic amines is 1.